The van der Waals surface area contributed by atoms with E-state index in [2.05, 4.69) is 86.6 Å². The lowest BCUT2D eigenvalue weighted by atomic mass is 10.1. The predicted octanol–water partition coefficient (Wildman–Crippen LogP) is 7.28. The van der Waals surface area contributed by atoms with Crippen LogP contribution in [0.1, 0.15) is 16.7 Å². The number of benzene rings is 3. The lowest BCUT2D eigenvalue weighted by Crippen LogP contribution is -1.95. The highest BCUT2D eigenvalue weighted by molar-refractivity contribution is 7.18. The van der Waals surface area contributed by atoms with Gasteiger partial charge >= 0.3 is 0 Å². The van der Waals surface area contributed by atoms with Crippen LogP contribution >= 0.6 is 11.3 Å². The third-order valence-corrected chi connectivity index (χ3v) is 5.79. The summed E-state index contributed by atoms with van der Waals surface area (Å²) in [6, 6.07) is 29.9. The van der Waals surface area contributed by atoms with Crippen LogP contribution in [0.4, 0.5) is 0 Å². The summed E-state index contributed by atoms with van der Waals surface area (Å²) >= 11 is 1.83. The van der Waals surface area contributed by atoms with Gasteiger partial charge in [-0.2, -0.15) is 0 Å². The average Bonchev–Trinajstić information content (AvgIpc) is 3.19. The first-order valence-corrected chi connectivity index (χ1v) is 9.95. The molecule has 0 fully saturated rings. The first-order chi connectivity index (χ1) is 13.2. The van der Waals surface area contributed by atoms with E-state index in [9.17, 15) is 0 Å². The van der Waals surface area contributed by atoms with Gasteiger partial charge in [-0.3, -0.25) is 0 Å². The zero-order valence-corrected chi connectivity index (χ0v) is 16.4. The van der Waals surface area contributed by atoms with Gasteiger partial charge in [-0.25, -0.2) is 0 Å². The molecule has 0 saturated heterocycles. The van der Waals surface area contributed by atoms with Crippen LogP contribution in [0.5, 0.6) is 5.75 Å². The van der Waals surface area contributed by atoms with Crippen LogP contribution in [0.25, 0.3) is 20.9 Å². The van der Waals surface area contributed by atoms with E-state index in [0.29, 0.717) is 6.61 Å². The van der Waals surface area contributed by atoms with E-state index in [1.807, 2.05) is 23.5 Å². The molecule has 27 heavy (non-hydrogen) atoms. The van der Waals surface area contributed by atoms with Crippen molar-refractivity contribution in [2.75, 3.05) is 0 Å². The van der Waals surface area contributed by atoms with Crippen LogP contribution in [-0.4, -0.2) is 0 Å². The highest BCUT2D eigenvalue weighted by Gasteiger charge is 2.05. The molecule has 0 unspecified atom stereocenters. The van der Waals surface area contributed by atoms with Gasteiger partial charge < -0.3 is 4.74 Å². The maximum Gasteiger partial charge on any atom is 0.119 e. The molecule has 0 aliphatic heterocycles. The predicted molar refractivity (Wildman–Crippen MR) is 115 cm³/mol. The van der Waals surface area contributed by atoms with Crippen LogP contribution in [0, 0.1) is 13.8 Å². The Morgan fingerprint density at radius 3 is 1.63 bits per heavy atom. The zero-order chi connectivity index (χ0) is 18.6. The van der Waals surface area contributed by atoms with E-state index >= 15 is 0 Å². The van der Waals surface area contributed by atoms with Crippen molar-refractivity contribution in [3.05, 3.63) is 102 Å². The number of thiophene rings is 1. The Morgan fingerprint density at radius 2 is 1.07 bits per heavy atom. The molecule has 1 aromatic heterocycles. The molecule has 0 amide bonds. The van der Waals surface area contributed by atoms with Crippen LogP contribution in [0.2, 0.25) is 0 Å². The normalized spacial score (nSPS) is 10.7. The fraction of sp³-hybridized carbons (Fsp3) is 0.120. The summed E-state index contributed by atoms with van der Waals surface area (Å²) in [6.07, 6.45) is 0. The van der Waals surface area contributed by atoms with Crippen molar-refractivity contribution in [2.45, 2.75) is 20.5 Å². The molecule has 0 radical (unpaired) electrons. The SMILES string of the molecule is Cc1ccc(OCc2ccc(-c3ccc(-c4ccc(C)cc4)s3)cc2)cc1. The number of hydrogen-bond donors (Lipinski definition) is 0. The number of hydrogen-bond acceptors (Lipinski definition) is 2. The van der Waals surface area contributed by atoms with Crippen molar-refractivity contribution in [3.63, 3.8) is 0 Å². The van der Waals surface area contributed by atoms with Gasteiger partial charge in [0.2, 0.25) is 0 Å². The molecule has 134 valence electrons. The Bertz CT molecular complexity index is 1010. The highest BCUT2D eigenvalue weighted by Crippen LogP contribution is 2.34. The Balaban J connectivity index is 1.44. The molecule has 0 atom stereocenters. The third kappa shape index (κ3) is 4.29. The van der Waals surface area contributed by atoms with E-state index < -0.39 is 0 Å². The molecule has 0 spiro atoms. The van der Waals surface area contributed by atoms with Gasteiger partial charge in [0.15, 0.2) is 0 Å². The first kappa shape index (κ1) is 17.6. The minimum atomic E-state index is 0.586. The van der Waals surface area contributed by atoms with Gasteiger partial charge in [-0.15, -0.1) is 11.3 Å². The van der Waals surface area contributed by atoms with Crippen LogP contribution in [-0.2, 0) is 6.61 Å². The Labute approximate surface area is 164 Å². The van der Waals surface area contributed by atoms with Crippen molar-refractivity contribution in [3.8, 4) is 26.6 Å². The lowest BCUT2D eigenvalue weighted by molar-refractivity contribution is 0.306. The lowest BCUT2D eigenvalue weighted by Gasteiger charge is -2.07. The summed E-state index contributed by atoms with van der Waals surface area (Å²) < 4.78 is 5.87. The fourth-order valence-electron chi connectivity index (χ4n) is 2.93. The summed E-state index contributed by atoms with van der Waals surface area (Å²) in [5, 5.41) is 0. The van der Waals surface area contributed by atoms with Gasteiger partial charge in [-0.05, 0) is 54.8 Å². The van der Waals surface area contributed by atoms with Gasteiger partial charge in [0.1, 0.15) is 12.4 Å². The largest absolute Gasteiger partial charge is 0.489 e. The van der Waals surface area contributed by atoms with Gasteiger partial charge in [0, 0.05) is 9.75 Å². The number of ether oxygens (including phenoxy) is 1. The topological polar surface area (TPSA) is 9.23 Å². The van der Waals surface area contributed by atoms with E-state index in [1.54, 1.807) is 0 Å². The molecule has 1 nitrogen and oxygen atoms in total. The zero-order valence-electron chi connectivity index (χ0n) is 15.6. The smallest absolute Gasteiger partial charge is 0.119 e. The summed E-state index contributed by atoms with van der Waals surface area (Å²) in [4.78, 5) is 2.59. The minimum absolute atomic E-state index is 0.586. The van der Waals surface area contributed by atoms with Crippen LogP contribution in [0.3, 0.4) is 0 Å². The van der Waals surface area contributed by atoms with Crippen LogP contribution < -0.4 is 4.74 Å². The molecule has 0 bridgehead atoms. The summed E-state index contributed by atoms with van der Waals surface area (Å²) in [5.41, 5.74) is 6.23. The monoisotopic (exact) mass is 370 g/mol. The molecule has 0 aliphatic rings. The summed E-state index contributed by atoms with van der Waals surface area (Å²) in [5.74, 6) is 0.908. The number of rotatable bonds is 5. The second-order valence-electron chi connectivity index (χ2n) is 6.83. The van der Waals surface area contributed by atoms with Crippen molar-refractivity contribution in [1.29, 1.82) is 0 Å². The van der Waals surface area contributed by atoms with E-state index in [-0.39, 0.29) is 0 Å². The van der Waals surface area contributed by atoms with Gasteiger partial charge in [0.25, 0.3) is 0 Å². The molecule has 1 heterocycles. The Morgan fingerprint density at radius 1 is 0.593 bits per heavy atom. The Kier molecular flexibility index (Phi) is 5.08. The summed E-state index contributed by atoms with van der Waals surface area (Å²) in [7, 11) is 0. The van der Waals surface area contributed by atoms with Gasteiger partial charge in [-0.1, -0.05) is 71.8 Å². The molecular weight excluding hydrogens is 348 g/mol. The quantitative estimate of drug-likeness (QED) is 0.359. The number of aryl methyl sites for hydroxylation is 2. The maximum atomic E-state index is 5.87. The molecule has 3 aromatic carbocycles. The van der Waals surface area contributed by atoms with E-state index in [4.69, 9.17) is 4.74 Å². The molecule has 0 saturated carbocycles. The van der Waals surface area contributed by atoms with Crippen molar-refractivity contribution < 1.29 is 4.74 Å². The molecule has 2 heteroatoms. The molecule has 4 rings (SSSR count). The average molecular weight is 371 g/mol. The molecule has 4 aromatic rings. The standard InChI is InChI=1S/C25H22OS/c1-18-3-9-21(10-4-18)24-15-16-25(27-24)22-11-7-20(8-12-22)17-26-23-13-5-19(2)6-14-23/h3-16H,17H2,1-2H3. The van der Waals surface area contributed by atoms with E-state index in [1.165, 1.54) is 37.6 Å². The van der Waals surface area contributed by atoms with Crippen molar-refractivity contribution >= 4 is 11.3 Å². The molecule has 0 aliphatic carbocycles. The maximum absolute atomic E-state index is 5.87. The van der Waals surface area contributed by atoms with Gasteiger partial charge in [0.05, 0.1) is 0 Å². The fourth-order valence-corrected chi connectivity index (χ4v) is 3.95. The highest BCUT2D eigenvalue weighted by atomic mass is 32.1. The summed E-state index contributed by atoms with van der Waals surface area (Å²) in [6.45, 7) is 4.79. The van der Waals surface area contributed by atoms with Crippen molar-refractivity contribution in [2.24, 2.45) is 0 Å². The first-order valence-electron chi connectivity index (χ1n) is 9.13. The van der Waals surface area contributed by atoms with E-state index in [0.717, 1.165) is 5.75 Å². The second-order valence-corrected chi connectivity index (χ2v) is 7.91. The van der Waals surface area contributed by atoms with Crippen molar-refractivity contribution in [1.82, 2.24) is 0 Å². The third-order valence-electron chi connectivity index (χ3n) is 4.61. The molecule has 0 N–H and O–H groups in total. The molecular formula is C25H22OS. The van der Waals surface area contributed by atoms with Crippen LogP contribution in [0.15, 0.2) is 84.9 Å². The Hall–Kier alpha value is -2.84. The second kappa shape index (κ2) is 7.81. The minimum Gasteiger partial charge on any atom is -0.489 e.